The average molecular weight is 291 g/mol. The van der Waals surface area contributed by atoms with Crippen molar-refractivity contribution in [1.82, 2.24) is 0 Å². The molecule has 1 aromatic carbocycles. The van der Waals surface area contributed by atoms with Gasteiger partial charge in [0.25, 0.3) is 0 Å². The van der Waals surface area contributed by atoms with Gasteiger partial charge in [-0.05, 0) is 49.1 Å². The van der Waals surface area contributed by atoms with Crippen LogP contribution in [-0.2, 0) is 0 Å². The van der Waals surface area contributed by atoms with E-state index in [-0.39, 0.29) is 11.9 Å². The lowest BCUT2D eigenvalue weighted by atomic mass is 10.1. The van der Waals surface area contributed by atoms with Crippen molar-refractivity contribution in [2.45, 2.75) is 19.9 Å². The molecule has 0 saturated carbocycles. The Balaban J connectivity index is 2.06. The first-order valence-electron chi connectivity index (χ1n) is 6.06. The molecule has 1 atom stereocenters. The van der Waals surface area contributed by atoms with E-state index in [9.17, 15) is 4.39 Å². The molecule has 0 saturated heterocycles. The summed E-state index contributed by atoms with van der Waals surface area (Å²) in [7, 11) is 0. The Hall–Kier alpha value is -1.23. The third kappa shape index (κ3) is 2.31. The number of benzene rings is 1. The summed E-state index contributed by atoms with van der Waals surface area (Å²) < 4.78 is 14.2. The summed E-state index contributed by atoms with van der Waals surface area (Å²) >= 11 is 3.31. The Morgan fingerprint density at radius 2 is 1.89 bits per heavy atom. The monoisotopic (exact) mass is 291 g/mol. The molecular weight excluding hydrogens is 277 g/mol. The smallest absolute Gasteiger partial charge is 0.124 e. The third-order valence-electron chi connectivity index (χ3n) is 3.17. The minimum Gasteiger partial charge on any atom is -0.319 e. The van der Waals surface area contributed by atoms with Gasteiger partial charge in [-0.1, -0.05) is 6.07 Å². The van der Waals surface area contributed by atoms with Gasteiger partial charge in [-0.3, -0.25) is 0 Å². The number of hydrogen-bond donors (Lipinski definition) is 1. The molecule has 0 fully saturated rings. The number of nitrogens with two attached hydrogens (primary N) is 1. The highest BCUT2D eigenvalue weighted by molar-refractivity contribution is 7.19. The normalized spacial score (nSPS) is 13.1. The molecule has 0 aliphatic rings. The lowest BCUT2D eigenvalue weighted by Gasteiger charge is -2.08. The second kappa shape index (κ2) is 4.71. The fourth-order valence-electron chi connectivity index (χ4n) is 2.28. The molecule has 2 heterocycles. The highest BCUT2D eigenvalue weighted by atomic mass is 32.1. The predicted octanol–water partition coefficient (Wildman–Crippen LogP) is 4.77. The Kier molecular flexibility index (Phi) is 3.17. The first kappa shape index (κ1) is 12.8. The van der Waals surface area contributed by atoms with Crippen molar-refractivity contribution in [3.63, 3.8) is 0 Å². The number of thiophene rings is 2. The number of halogens is 1. The summed E-state index contributed by atoms with van der Waals surface area (Å²) in [6.45, 7) is 4.18. The fourth-order valence-corrected chi connectivity index (χ4v) is 4.51. The van der Waals surface area contributed by atoms with E-state index < -0.39 is 0 Å². The number of fused-ring (bicyclic) bond motifs is 1. The molecule has 3 aromatic rings. The van der Waals surface area contributed by atoms with Crippen LogP contribution < -0.4 is 5.73 Å². The molecule has 1 unspecified atom stereocenters. The number of hydrogen-bond acceptors (Lipinski definition) is 3. The molecular formula is C15H14FNS2. The van der Waals surface area contributed by atoms with Crippen LogP contribution in [0.5, 0.6) is 0 Å². The Morgan fingerprint density at radius 1 is 1.11 bits per heavy atom. The quantitative estimate of drug-likeness (QED) is 0.723. The lowest BCUT2D eigenvalue weighted by Crippen LogP contribution is -2.09. The van der Waals surface area contributed by atoms with E-state index >= 15 is 0 Å². The predicted molar refractivity (Wildman–Crippen MR) is 81.6 cm³/mol. The maximum absolute atomic E-state index is 13.2. The van der Waals surface area contributed by atoms with E-state index in [4.69, 9.17) is 5.73 Å². The maximum atomic E-state index is 13.2. The van der Waals surface area contributed by atoms with Crippen molar-refractivity contribution in [2.24, 2.45) is 5.73 Å². The van der Waals surface area contributed by atoms with Crippen LogP contribution in [0.4, 0.5) is 4.39 Å². The van der Waals surface area contributed by atoms with E-state index in [1.165, 1.54) is 21.4 Å². The second-order valence-corrected chi connectivity index (χ2v) is 7.12. The first-order valence-corrected chi connectivity index (χ1v) is 7.69. The second-order valence-electron chi connectivity index (χ2n) is 4.71. The van der Waals surface area contributed by atoms with Crippen molar-refractivity contribution in [1.29, 1.82) is 0 Å². The van der Waals surface area contributed by atoms with Crippen molar-refractivity contribution >= 4 is 32.8 Å². The van der Waals surface area contributed by atoms with E-state index in [1.807, 2.05) is 6.07 Å². The van der Waals surface area contributed by atoms with Crippen molar-refractivity contribution < 1.29 is 4.39 Å². The topological polar surface area (TPSA) is 26.0 Å². The minimum absolute atomic E-state index is 0.112. The molecule has 1 nitrogen and oxygen atoms in total. The summed E-state index contributed by atoms with van der Waals surface area (Å²) in [5, 5.41) is 1.06. The van der Waals surface area contributed by atoms with Gasteiger partial charge in [0.1, 0.15) is 5.82 Å². The van der Waals surface area contributed by atoms with Crippen LogP contribution in [0.25, 0.3) is 10.1 Å². The largest absolute Gasteiger partial charge is 0.319 e. The first-order chi connectivity index (χ1) is 9.04. The average Bonchev–Trinajstić information content (AvgIpc) is 2.91. The van der Waals surface area contributed by atoms with Gasteiger partial charge in [0.05, 0.1) is 6.04 Å². The molecule has 2 N–H and O–H groups in total. The summed E-state index contributed by atoms with van der Waals surface area (Å²) in [5.74, 6) is -0.197. The van der Waals surface area contributed by atoms with Gasteiger partial charge in [-0.25, -0.2) is 4.39 Å². The number of rotatable bonds is 2. The van der Waals surface area contributed by atoms with E-state index in [0.717, 1.165) is 15.0 Å². The van der Waals surface area contributed by atoms with Gasteiger partial charge >= 0.3 is 0 Å². The van der Waals surface area contributed by atoms with Gasteiger partial charge < -0.3 is 5.73 Å². The molecule has 98 valence electrons. The number of aryl methyl sites for hydroxylation is 2. The molecule has 2 aromatic heterocycles. The van der Waals surface area contributed by atoms with Gasteiger partial charge in [0, 0.05) is 19.3 Å². The van der Waals surface area contributed by atoms with E-state index in [2.05, 4.69) is 26.0 Å². The molecule has 4 heteroatoms. The van der Waals surface area contributed by atoms with Gasteiger partial charge in [-0.2, -0.15) is 0 Å². The fraction of sp³-hybridized carbons (Fsp3) is 0.200. The molecule has 19 heavy (non-hydrogen) atoms. The van der Waals surface area contributed by atoms with Crippen LogP contribution in [0.15, 0.2) is 30.3 Å². The molecule has 0 aliphatic heterocycles. The molecule has 3 rings (SSSR count). The standard InChI is InChI=1S/C15H14FNS2/c1-8-5-9(2)18-15(8)14(17)13-6-10-3-4-11(16)7-12(10)19-13/h3-7,14H,17H2,1-2H3. The summed E-state index contributed by atoms with van der Waals surface area (Å²) in [6.07, 6.45) is 0. The van der Waals surface area contributed by atoms with Crippen molar-refractivity contribution in [3.8, 4) is 0 Å². The van der Waals surface area contributed by atoms with E-state index in [1.54, 1.807) is 28.7 Å². The van der Waals surface area contributed by atoms with Gasteiger partial charge in [-0.15, -0.1) is 22.7 Å². The zero-order valence-electron chi connectivity index (χ0n) is 10.7. The molecule has 0 bridgehead atoms. The SMILES string of the molecule is Cc1cc(C)c(C(N)c2cc3ccc(F)cc3s2)s1. The summed E-state index contributed by atoms with van der Waals surface area (Å²) in [4.78, 5) is 3.56. The van der Waals surface area contributed by atoms with Crippen LogP contribution in [0, 0.1) is 19.7 Å². The zero-order valence-corrected chi connectivity index (χ0v) is 12.4. The summed E-state index contributed by atoms with van der Waals surface area (Å²) in [6, 6.07) is 8.99. The zero-order chi connectivity index (χ0) is 13.6. The van der Waals surface area contributed by atoms with Gasteiger partial charge in [0.15, 0.2) is 0 Å². The van der Waals surface area contributed by atoms with Gasteiger partial charge in [0.2, 0.25) is 0 Å². The third-order valence-corrected chi connectivity index (χ3v) is 5.59. The molecule has 0 spiro atoms. The maximum Gasteiger partial charge on any atom is 0.124 e. The van der Waals surface area contributed by atoms with E-state index in [0.29, 0.717) is 0 Å². The molecule has 0 amide bonds. The minimum atomic E-state index is -0.197. The Bertz CT molecular complexity index is 742. The van der Waals surface area contributed by atoms with Crippen LogP contribution >= 0.6 is 22.7 Å². The van der Waals surface area contributed by atoms with Crippen molar-refractivity contribution in [2.75, 3.05) is 0 Å². The lowest BCUT2D eigenvalue weighted by molar-refractivity contribution is 0.630. The van der Waals surface area contributed by atoms with Crippen LogP contribution in [-0.4, -0.2) is 0 Å². The Morgan fingerprint density at radius 3 is 2.58 bits per heavy atom. The van der Waals surface area contributed by atoms with Crippen LogP contribution in [0.1, 0.15) is 26.2 Å². The molecule has 0 aliphatic carbocycles. The highest BCUT2D eigenvalue weighted by Gasteiger charge is 2.16. The van der Waals surface area contributed by atoms with Crippen LogP contribution in [0.3, 0.4) is 0 Å². The van der Waals surface area contributed by atoms with Crippen molar-refractivity contribution in [3.05, 3.63) is 56.3 Å². The highest BCUT2D eigenvalue weighted by Crippen LogP contribution is 2.36. The van der Waals surface area contributed by atoms with Crippen LogP contribution in [0.2, 0.25) is 0 Å². The molecule has 0 radical (unpaired) electrons. The Labute approximate surface area is 119 Å². The summed E-state index contributed by atoms with van der Waals surface area (Å²) in [5.41, 5.74) is 7.59.